The maximum absolute atomic E-state index is 12.9. The number of carbonyl (C=O) groups is 1. The first-order valence-electron chi connectivity index (χ1n) is 11.3. The summed E-state index contributed by atoms with van der Waals surface area (Å²) in [6.07, 6.45) is 1.81. The number of carbonyl (C=O) groups excluding carboxylic acids is 1. The van der Waals surface area contributed by atoms with Gasteiger partial charge in [-0.2, -0.15) is 5.26 Å². The number of nitriles is 1. The minimum absolute atomic E-state index is 0.172. The lowest BCUT2D eigenvalue weighted by atomic mass is 9.99. The summed E-state index contributed by atoms with van der Waals surface area (Å²) in [6, 6.07) is 21.7. The molecule has 0 spiro atoms. The molecule has 0 saturated carbocycles. The summed E-state index contributed by atoms with van der Waals surface area (Å²) < 4.78 is 34.1. The molecule has 7 nitrogen and oxygen atoms in total. The van der Waals surface area contributed by atoms with Crippen molar-refractivity contribution in [3.63, 3.8) is 0 Å². The van der Waals surface area contributed by atoms with E-state index in [1.54, 1.807) is 41.3 Å². The number of hydrogen-bond acceptors (Lipinski definition) is 5. The number of nitrogens with zero attached hydrogens (tertiary/aromatic N) is 2. The Bertz CT molecular complexity index is 1290. The molecule has 1 aliphatic heterocycles. The Kier molecular flexibility index (Phi) is 7.58. The monoisotopic (exact) mass is 477 g/mol. The number of hydrogen-bond donors (Lipinski definition) is 1. The van der Waals surface area contributed by atoms with Gasteiger partial charge in [-0.1, -0.05) is 48.5 Å². The molecule has 1 aliphatic rings. The van der Waals surface area contributed by atoms with Crippen LogP contribution < -0.4 is 4.72 Å². The molecule has 8 heteroatoms. The Morgan fingerprint density at radius 2 is 1.85 bits per heavy atom. The predicted molar refractivity (Wildman–Crippen MR) is 129 cm³/mol. The number of amides is 1. The smallest absolute Gasteiger partial charge is 0.241 e. The third-order valence-electron chi connectivity index (χ3n) is 6.03. The van der Waals surface area contributed by atoms with E-state index in [0.29, 0.717) is 37.3 Å². The highest BCUT2D eigenvalue weighted by molar-refractivity contribution is 7.89. The van der Waals surface area contributed by atoms with Gasteiger partial charge < -0.3 is 9.64 Å². The highest BCUT2D eigenvalue weighted by Gasteiger charge is 2.25. The fourth-order valence-electron chi connectivity index (χ4n) is 4.22. The molecule has 176 valence electrons. The van der Waals surface area contributed by atoms with Crippen LogP contribution >= 0.6 is 0 Å². The number of benzene rings is 3. The van der Waals surface area contributed by atoms with E-state index < -0.39 is 10.0 Å². The van der Waals surface area contributed by atoms with Crippen molar-refractivity contribution in [3.05, 3.63) is 77.9 Å². The molecule has 1 fully saturated rings. The van der Waals surface area contributed by atoms with Crippen LogP contribution in [-0.2, 0) is 26.2 Å². The van der Waals surface area contributed by atoms with Crippen molar-refractivity contribution in [2.24, 2.45) is 5.92 Å². The van der Waals surface area contributed by atoms with E-state index in [9.17, 15) is 13.2 Å². The van der Waals surface area contributed by atoms with Crippen molar-refractivity contribution in [1.29, 1.82) is 5.26 Å². The first-order valence-corrected chi connectivity index (χ1v) is 12.8. The first kappa shape index (κ1) is 23.9. The quantitative estimate of drug-likeness (QED) is 0.536. The highest BCUT2D eigenvalue weighted by atomic mass is 32.2. The van der Waals surface area contributed by atoms with Gasteiger partial charge in [-0.25, -0.2) is 13.1 Å². The molecule has 4 rings (SSSR count). The van der Waals surface area contributed by atoms with Crippen LogP contribution in [0.15, 0.2) is 71.6 Å². The van der Waals surface area contributed by atoms with E-state index in [-0.39, 0.29) is 23.3 Å². The average Bonchev–Trinajstić information content (AvgIpc) is 2.87. The zero-order chi connectivity index (χ0) is 24.0. The van der Waals surface area contributed by atoms with Gasteiger partial charge in [-0.3, -0.25) is 4.79 Å². The van der Waals surface area contributed by atoms with Gasteiger partial charge in [0.25, 0.3) is 0 Å². The summed E-state index contributed by atoms with van der Waals surface area (Å²) in [4.78, 5) is 14.7. The van der Waals surface area contributed by atoms with Crippen LogP contribution in [0.25, 0.3) is 10.8 Å². The Morgan fingerprint density at radius 1 is 1.09 bits per heavy atom. The predicted octanol–water partition coefficient (Wildman–Crippen LogP) is 3.45. The van der Waals surface area contributed by atoms with E-state index in [0.717, 1.165) is 23.8 Å². The van der Waals surface area contributed by atoms with Crippen LogP contribution in [-0.4, -0.2) is 45.5 Å². The molecule has 0 radical (unpaired) electrons. The Balaban J connectivity index is 1.29. The minimum Gasteiger partial charge on any atom is -0.376 e. The van der Waals surface area contributed by atoms with Gasteiger partial charge in [0.05, 0.1) is 36.3 Å². The lowest BCUT2D eigenvalue weighted by Crippen LogP contribution is -2.45. The number of rotatable bonds is 8. The van der Waals surface area contributed by atoms with Crippen molar-refractivity contribution in [2.45, 2.75) is 24.3 Å². The van der Waals surface area contributed by atoms with Gasteiger partial charge in [-0.15, -0.1) is 0 Å². The second-order valence-corrected chi connectivity index (χ2v) is 10.2. The van der Waals surface area contributed by atoms with E-state index in [4.69, 9.17) is 10.00 Å². The molecule has 3 aromatic rings. The zero-order valence-electron chi connectivity index (χ0n) is 18.8. The van der Waals surface area contributed by atoms with E-state index >= 15 is 0 Å². The molecule has 0 bridgehead atoms. The van der Waals surface area contributed by atoms with Crippen LogP contribution in [0.3, 0.4) is 0 Å². The van der Waals surface area contributed by atoms with Gasteiger partial charge >= 0.3 is 0 Å². The van der Waals surface area contributed by atoms with Crippen LogP contribution in [0.4, 0.5) is 0 Å². The van der Waals surface area contributed by atoms with Crippen LogP contribution in [0, 0.1) is 17.2 Å². The number of likely N-dealkylation sites (tertiary alicyclic amines) is 1. The lowest BCUT2D eigenvalue weighted by molar-refractivity contribution is -0.132. The van der Waals surface area contributed by atoms with Crippen molar-refractivity contribution in [2.75, 3.05) is 26.2 Å². The van der Waals surface area contributed by atoms with Crippen molar-refractivity contribution >= 4 is 26.7 Å². The summed E-state index contributed by atoms with van der Waals surface area (Å²) >= 11 is 0. The van der Waals surface area contributed by atoms with Gasteiger partial charge in [0.15, 0.2) is 0 Å². The van der Waals surface area contributed by atoms with Gasteiger partial charge in [0.1, 0.15) is 0 Å². The summed E-state index contributed by atoms with van der Waals surface area (Å²) in [5, 5.41) is 10.3. The molecule has 1 atom stereocenters. The van der Waals surface area contributed by atoms with Crippen molar-refractivity contribution in [3.8, 4) is 6.07 Å². The lowest BCUT2D eigenvalue weighted by Gasteiger charge is -2.32. The molecular formula is C26H27N3O4S. The number of sulfonamides is 1. The summed E-state index contributed by atoms with van der Waals surface area (Å²) in [5.74, 6) is -0.0358. The number of fused-ring (bicyclic) bond motifs is 1. The molecule has 0 aliphatic carbocycles. The topological polar surface area (TPSA) is 99.5 Å². The van der Waals surface area contributed by atoms with Crippen LogP contribution in [0.2, 0.25) is 0 Å². The second-order valence-electron chi connectivity index (χ2n) is 8.47. The average molecular weight is 478 g/mol. The van der Waals surface area contributed by atoms with E-state index in [2.05, 4.69) is 10.8 Å². The number of nitrogens with one attached hydrogen (secondary N) is 1. The maximum atomic E-state index is 12.9. The Labute approximate surface area is 200 Å². The standard InChI is InChI=1S/C26H27N3O4S/c27-15-20-10-12-21(13-11-20)18-33-19-22-5-4-14-29(17-22)26(30)16-28-34(31,32)25-9-3-7-23-6-1-2-8-24(23)25/h1-3,6-13,22,28H,4-5,14,16-19H2. The summed E-state index contributed by atoms with van der Waals surface area (Å²) in [7, 11) is -3.83. The first-order chi connectivity index (χ1) is 16.5. The van der Waals surface area contributed by atoms with Gasteiger partial charge in [0, 0.05) is 18.5 Å². The normalized spacial score (nSPS) is 16.3. The molecule has 1 unspecified atom stereocenters. The molecule has 34 heavy (non-hydrogen) atoms. The molecule has 1 heterocycles. The molecular weight excluding hydrogens is 450 g/mol. The summed E-state index contributed by atoms with van der Waals surface area (Å²) in [5.41, 5.74) is 1.60. The number of ether oxygens (including phenoxy) is 1. The molecule has 0 aromatic heterocycles. The van der Waals surface area contributed by atoms with Gasteiger partial charge in [-0.05, 0) is 47.9 Å². The largest absolute Gasteiger partial charge is 0.376 e. The Hall–Kier alpha value is -3.25. The van der Waals surface area contributed by atoms with Crippen LogP contribution in [0.1, 0.15) is 24.0 Å². The van der Waals surface area contributed by atoms with Crippen molar-refractivity contribution in [1.82, 2.24) is 9.62 Å². The molecule has 1 N–H and O–H groups in total. The highest BCUT2D eigenvalue weighted by Crippen LogP contribution is 2.23. The zero-order valence-corrected chi connectivity index (χ0v) is 19.6. The van der Waals surface area contributed by atoms with E-state index in [1.165, 1.54) is 0 Å². The maximum Gasteiger partial charge on any atom is 0.241 e. The summed E-state index contributed by atoms with van der Waals surface area (Å²) in [6.45, 7) is 1.85. The number of piperidine rings is 1. The van der Waals surface area contributed by atoms with Crippen molar-refractivity contribution < 1.29 is 17.9 Å². The third-order valence-corrected chi connectivity index (χ3v) is 7.49. The minimum atomic E-state index is -3.83. The molecule has 3 aromatic carbocycles. The second kappa shape index (κ2) is 10.8. The molecule has 1 amide bonds. The Morgan fingerprint density at radius 3 is 2.65 bits per heavy atom. The van der Waals surface area contributed by atoms with Gasteiger partial charge in [0.2, 0.25) is 15.9 Å². The third kappa shape index (κ3) is 5.81. The SMILES string of the molecule is N#Cc1ccc(COCC2CCCN(C(=O)CNS(=O)(=O)c3cccc4ccccc34)C2)cc1. The van der Waals surface area contributed by atoms with E-state index in [1.807, 2.05) is 30.3 Å². The fourth-order valence-corrected chi connectivity index (χ4v) is 5.43. The van der Waals surface area contributed by atoms with Crippen LogP contribution in [0.5, 0.6) is 0 Å². The fraction of sp³-hybridized carbons (Fsp3) is 0.308. The molecule has 1 saturated heterocycles.